The van der Waals surface area contributed by atoms with Crippen LogP contribution in [0.4, 0.5) is 0 Å². The summed E-state index contributed by atoms with van der Waals surface area (Å²) < 4.78 is 9.79. The first-order valence-corrected chi connectivity index (χ1v) is 5.11. The molecule has 5 nitrogen and oxygen atoms in total. The van der Waals surface area contributed by atoms with Crippen molar-refractivity contribution in [2.45, 2.75) is 13.8 Å². The van der Waals surface area contributed by atoms with Gasteiger partial charge in [-0.1, -0.05) is 16.8 Å². The Labute approximate surface area is 98.4 Å². The molecule has 0 amide bonds. The average molecular weight is 232 g/mol. The average Bonchev–Trinajstić information content (AvgIpc) is 2.74. The Hall–Kier alpha value is -2.17. The number of nitrogens with zero attached hydrogens (tertiary/aromatic N) is 2. The van der Waals surface area contributed by atoms with Crippen molar-refractivity contribution >= 4 is 5.97 Å². The lowest BCUT2D eigenvalue weighted by Gasteiger charge is -2.05. The third-order valence-corrected chi connectivity index (χ3v) is 2.34. The van der Waals surface area contributed by atoms with E-state index >= 15 is 0 Å². The minimum Gasteiger partial charge on any atom is -0.465 e. The predicted octanol–water partition coefficient (Wildman–Crippen LogP) is 2.14. The van der Waals surface area contributed by atoms with Crippen LogP contribution in [-0.4, -0.2) is 23.2 Å². The molecule has 1 aromatic heterocycles. The third kappa shape index (κ3) is 2.18. The summed E-state index contributed by atoms with van der Waals surface area (Å²) in [4.78, 5) is 15.8. The van der Waals surface area contributed by atoms with Crippen molar-refractivity contribution in [1.29, 1.82) is 0 Å². The Balaban J connectivity index is 2.57. The Morgan fingerprint density at radius 3 is 2.71 bits per heavy atom. The molecule has 0 aliphatic carbocycles. The van der Waals surface area contributed by atoms with Crippen molar-refractivity contribution in [2.24, 2.45) is 0 Å². The Bertz CT molecular complexity index is 561. The molecule has 17 heavy (non-hydrogen) atoms. The van der Waals surface area contributed by atoms with Gasteiger partial charge in [0.15, 0.2) is 5.82 Å². The molecule has 0 fully saturated rings. The van der Waals surface area contributed by atoms with Crippen LogP contribution in [-0.2, 0) is 4.74 Å². The molecule has 2 aromatic rings. The van der Waals surface area contributed by atoms with Gasteiger partial charge in [-0.15, -0.1) is 0 Å². The summed E-state index contributed by atoms with van der Waals surface area (Å²) in [6, 6.07) is 5.39. The lowest BCUT2D eigenvalue weighted by Crippen LogP contribution is -2.04. The first-order chi connectivity index (χ1) is 8.11. The molecule has 0 unspecified atom stereocenters. The van der Waals surface area contributed by atoms with E-state index in [2.05, 4.69) is 10.1 Å². The van der Waals surface area contributed by atoms with Gasteiger partial charge in [0.1, 0.15) is 0 Å². The number of hydrogen-bond donors (Lipinski definition) is 0. The van der Waals surface area contributed by atoms with E-state index in [1.165, 1.54) is 7.11 Å². The van der Waals surface area contributed by atoms with E-state index in [1.807, 2.05) is 13.0 Å². The smallest absolute Gasteiger partial charge is 0.338 e. The van der Waals surface area contributed by atoms with Crippen LogP contribution in [0.15, 0.2) is 22.7 Å². The van der Waals surface area contributed by atoms with Crippen molar-refractivity contribution in [3.05, 3.63) is 35.2 Å². The molecular formula is C12H12N2O3. The molecule has 0 atom stereocenters. The highest BCUT2D eigenvalue weighted by atomic mass is 16.5. The molecule has 0 radical (unpaired) electrons. The molecule has 5 heteroatoms. The Kier molecular flexibility index (Phi) is 2.91. The van der Waals surface area contributed by atoms with Gasteiger partial charge in [0.2, 0.25) is 0 Å². The lowest BCUT2D eigenvalue weighted by molar-refractivity contribution is 0.0601. The molecular weight excluding hydrogens is 220 g/mol. The van der Waals surface area contributed by atoms with Gasteiger partial charge in [-0.2, -0.15) is 4.98 Å². The monoisotopic (exact) mass is 232 g/mol. The van der Waals surface area contributed by atoms with Crippen molar-refractivity contribution in [3.8, 4) is 11.5 Å². The van der Waals surface area contributed by atoms with Gasteiger partial charge in [-0.3, -0.25) is 0 Å². The minimum atomic E-state index is -0.417. The SMILES string of the molecule is COC(=O)c1cc(C)ccc1-c1nc(C)no1. The third-order valence-electron chi connectivity index (χ3n) is 2.34. The van der Waals surface area contributed by atoms with Gasteiger partial charge in [-0.25, -0.2) is 4.79 Å². The number of esters is 1. The highest BCUT2D eigenvalue weighted by Gasteiger charge is 2.17. The van der Waals surface area contributed by atoms with E-state index in [0.717, 1.165) is 5.56 Å². The maximum absolute atomic E-state index is 11.7. The summed E-state index contributed by atoms with van der Waals surface area (Å²) in [5.41, 5.74) is 1.98. The molecule has 0 saturated heterocycles. The highest BCUT2D eigenvalue weighted by Crippen LogP contribution is 2.23. The second-order valence-electron chi connectivity index (χ2n) is 3.69. The Morgan fingerprint density at radius 2 is 2.12 bits per heavy atom. The van der Waals surface area contributed by atoms with E-state index in [1.54, 1.807) is 19.1 Å². The number of hydrogen-bond acceptors (Lipinski definition) is 5. The molecule has 0 spiro atoms. The predicted molar refractivity (Wildman–Crippen MR) is 60.5 cm³/mol. The maximum atomic E-state index is 11.7. The quantitative estimate of drug-likeness (QED) is 0.742. The van der Waals surface area contributed by atoms with Gasteiger partial charge in [0.25, 0.3) is 5.89 Å². The van der Waals surface area contributed by atoms with Gasteiger partial charge >= 0.3 is 5.97 Å². The van der Waals surface area contributed by atoms with E-state index in [-0.39, 0.29) is 0 Å². The molecule has 1 aromatic carbocycles. The number of rotatable bonds is 2. The van der Waals surface area contributed by atoms with Crippen LogP contribution >= 0.6 is 0 Å². The number of aromatic nitrogens is 2. The van der Waals surface area contributed by atoms with Crippen LogP contribution in [0.2, 0.25) is 0 Å². The fourth-order valence-corrected chi connectivity index (χ4v) is 1.53. The van der Waals surface area contributed by atoms with Gasteiger partial charge < -0.3 is 9.26 Å². The summed E-state index contributed by atoms with van der Waals surface area (Å²) in [5.74, 6) is 0.429. The van der Waals surface area contributed by atoms with Crippen LogP contribution in [0, 0.1) is 13.8 Å². The molecule has 0 saturated carbocycles. The molecule has 0 aliphatic rings. The maximum Gasteiger partial charge on any atom is 0.338 e. The fourth-order valence-electron chi connectivity index (χ4n) is 1.53. The summed E-state index contributed by atoms with van der Waals surface area (Å²) in [7, 11) is 1.34. The number of carbonyl (C=O) groups is 1. The lowest BCUT2D eigenvalue weighted by atomic mass is 10.0. The standard InChI is InChI=1S/C12H12N2O3/c1-7-4-5-9(10(6-7)12(15)16-3)11-13-8(2)14-17-11/h4-6H,1-3H3. The molecule has 0 aliphatic heterocycles. The fraction of sp³-hybridized carbons (Fsp3) is 0.250. The highest BCUT2D eigenvalue weighted by molar-refractivity contribution is 5.96. The zero-order valence-electron chi connectivity index (χ0n) is 9.85. The second kappa shape index (κ2) is 4.37. The van der Waals surface area contributed by atoms with E-state index in [4.69, 9.17) is 9.26 Å². The number of aryl methyl sites for hydroxylation is 2. The minimum absolute atomic E-state index is 0.322. The van der Waals surface area contributed by atoms with Gasteiger partial charge in [0, 0.05) is 0 Å². The zero-order valence-corrected chi connectivity index (χ0v) is 9.85. The number of carbonyl (C=O) groups excluding carboxylic acids is 1. The van der Waals surface area contributed by atoms with Crippen molar-refractivity contribution in [3.63, 3.8) is 0 Å². The van der Waals surface area contributed by atoms with Crippen LogP contribution in [0.1, 0.15) is 21.7 Å². The van der Waals surface area contributed by atoms with Gasteiger partial charge in [-0.05, 0) is 26.0 Å². The topological polar surface area (TPSA) is 65.2 Å². The molecule has 0 N–H and O–H groups in total. The van der Waals surface area contributed by atoms with Gasteiger partial charge in [0.05, 0.1) is 18.2 Å². The second-order valence-corrected chi connectivity index (χ2v) is 3.69. The van der Waals surface area contributed by atoms with Crippen LogP contribution in [0.25, 0.3) is 11.5 Å². The number of ether oxygens (including phenoxy) is 1. The summed E-state index contributed by atoms with van der Waals surface area (Å²) >= 11 is 0. The largest absolute Gasteiger partial charge is 0.465 e. The van der Waals surface area contributed by atoms with Crippen LogP contribution < -0.4 is 0 Å². The zero-order chi connectivity index (χ0) is 12.4. The molecule has 1 heterocycles. The first kappa shape index (κ1) is 11.3. The van der Waals surface area contributed by atoms with Crippen molar-refractivity contribution in [1.82, 2.24) is 10.1 Å². The Morgan fingerprint density at radius 1 is 1.35 bits per heavy atom. The molecule has 2 rings (SSSR count). The van der Waals surface area contributed by atoms with Crippen LogP contribution in [0.5, 0.6) is 0 Å². The van der Waals surface area contributed by atoms with E-state index < -0.39 is 5.97 Å². The normalized spacial score (nSPS) is 10.3. The summed E-state index contributed by atoms with van der Waals surface area (Å²) in [5, 5.41) is 3.70. The summed E-state index contributed by atoms with van der Waals surface area (Å²) in [6.07, 6.45) is 0. The number of benzene rings is 1. The first-order valence-electron chi connectivity index (χ1n) is 5.11. The van der Waals surface area contributed by atoms with Crippen molar-refractivity contribution in [2.75, 3.05) is 7.11 Å². The number of methoxy groups -OCH3 is 1. The van der Waals surface area contributed by atoms with E-state index in [0.29, 0.717) is 22.8 Å². The van der Waals surface area contributed by atoms with Crippen LogP contribution in [0.3, 0.4) is 0 Å². The van der Waals surface area contributed by atoms with E-state index in [9.17, 15) is 4.79 Å². The molecule has 0 bridgehead atoms. The van der Waals surface area contributed by atoms with Crippen molar-refractivity contribution < 1.29 is 14.1 Å². The molecule has 88 valence electrons. The summed E-state index contributed by atoms with van der Waals surface area (Å²) in [6.45, 7) is 3.62.